The van der Waals surface area contributed by atoms with Gasteiger partial charge in [-0.1, -0.05) is 13.8 Å². The normalized spacial score (nSPS) is 23.2. The highest BCUT2D eigenvalue weighted by Crippen LogP contribution is 2.10. The van der Waals surface area contributed by atoms with E-state index in [1.807, 2.05) is 11.8 Å². The summed E-state index contributed by atoms with van der Waals surface area (Å²) in [5, 5.41) is 3.40. The maximum Gasteiger partial charge on any atom is 0.222 e. The molecule has 0 aromatic carbocycles. The van der Waals surface area contributed by atoms with Gasteiger partial charge in [0.15, 0.2) is 0 Å². The van der Waals surface area contributed by atoms with Crippen molar-refractivity contribution in [3.63, 3.8) is 0 Å². The van der Waals surface area contributed by atoms with Crippen molar-refractivity contribution in [1.29, 1.82) is 0 Å². The van der Waals surface area contributed by atoms with Crippen molar-refractivity contribution in [1.82, 2.24) is 10.2 Å². The van der Waals surface area contributed by atoms with Crippen LogP contribution in [0.2, 0.25) is 0 Å². The predicted molar refractivity (Wildman–Crippen MR) is 53.6 cm³/mol. The zero-order chi connectivity index (χ0) is 9.68. The van der Waals surface area contributed by atoms with Gasteiger partial charge in [-0.05, 0) is 19.4 Å². The van der Waals surface area contributed by atoms with Crippen LogP contribution in [0.5, 0.6) is 0 Å². The zero-order valence-electron chi connectivity index (χ0n) is 8.68. The van der Waals surface area contributed by atoms with E-state index in [0.29, 0.717) is 18.4 Å². The third kappa shape index (κ3) is 2.99. The fourth-order valence-corrected chi connectivity index (χ4v) is 1.88. The molecule has 1 aliphatic rings. The molecule has 76 valence electrons. The second-order valence-electron chi connectivity index (χ2n) is 3.59. The van der Waals surface area contributed by atoms with Crippen LogP contribution < -0.4 is 5.32 Å². The second-order valence-corrected chi connectivity index (χ2v) is 3.59. The van der Waals surface area contributed by atoms with E-state index in [2.05, 4.69) is 12.2 Å². The smallest absolute Gasteiger partial charge is 0.222 e. The van der Waals surface area contributed by atoms with Gasteiger partial charge in [0.2, 0.25) is 5.91 Å². The number of nitrogens with one attached hydrogen (secondary N) is 1. The molecule has 1 heterocycles. The van der Waals surface area contributed by atoms with Crippen LogP contribution in [0.1, 0.15) is 33.1 Å². The molecule has 0 spiro atoms. The molecule has 1 saturated heterocycles. The number of piperidine rings is 1. The van der Waals surface area contributed by atoms with Gasteiger partial charge in [0, 0.05) is 25.6 Å². The fourth-order valence-electron chi connectivity index (χ4n) is 1.88. The summed E-state index contributed by atoms with van der Waals surface area (Å²) in [7, 11) is 0. The number of carbonyl (C=O) groups is 1. The molecule has 0 saturated carbocycles. The molecule has 0 bridgehead atoms. The van der Waals surface area contributed by atoms with Crippen LogP contribution in [-0.2, 0) is 4.79 Å². The lowest BCUT2D eigenvalue weighted by Crippen LogP contribution is -2.47. The molecule has 1 N–H and O–H groups in total. The van der Waals surface area contributed by atoms with Crippen molar-refractivity contribution in [3.05, 3.63) is 0 Å². The molecule has 1 aliphatic heterocycles. The fraction of sp³-hybridized carbons (Fsp3) is 0.900. The van der Waals surface area contributed by atoms with Crippen molar-refractivity contribution in [3.8, 4) is 0 Å². The molecule has 0 aliphatic carbocycles. The summed E-state index contributed by atoms with van der Waals surface area (Å²) >= 11 is 0. The molecule has 1 atom stereocenters. The third-order valence-corrected chi connectivity index (χ3v) is 2.57. The summed E-state index contributed by atoms with van der Waals surface area (Å²) in [5.74, 6) is 0.294. The van der Waals surface area contributed by atoms with E-state index >= 15 is 0 Å². The topological polar surface area (TPSA) is 32.3 Å². The average molecular weight is 184 g/mol. The Hall–Kier alpha value is -0.570. The Morgan fingerprint density at radius 3 is 2.92 bits per heavy atom. The Morgan fingerprint density at radius 1 is 1.54 bits per heavy atom. The van der Waals surface area contributed by atoms with Gasteiger partial charge < -0.3 is 10.2 Å². The number of likely N-dealkylation sites (N-methyl/N-ethyl adjacent to an activating group) is 1. The van der Waals surface area contributed by atoms with E-state index in [1.54, 1.807) is 0 Å². The van der Waals surface area contributed by atoms with Crippen LogP contribution in [0.25, 0.3) is 0 Å². The van der Waals surface area contributed by atoms with Crippen molar-refractivity contribution >= 4 is 5.91 Å². The quantitative estimate of drug-likeness (QED) is 0.709. The lowest BCUT2D eigenvalue weighted by Gasteiger charge is -2.33. The monoisotopic (exact) mass is 184 g/mol. The van der Waals surface area contributed by atoms with Crippen LogP contribution in [0.15, 0.2) is 0 Å². The molecule has 0 aromatic heterocycles. The minimum Gasteiger partial charge on any atom is -0.341 e. The lowest BCUT2D eigenvalue weighted by atomic mass is 10.1. The van der Waals surface area contributed by atoms with Gasteiger partial charge in [-0.15, -0.1) is 0 Å². The number of hydrogen-bond donors (Lipinski definition) is 1. The predicted octanol–water partition coefficient (Wildman–Crippen LogP) is 0.997. The van der Waals surface area contributed by atoms with Crippen LogP contribution in [0, 0.1) is 0 Å². The molecule has 1 fully saturated rings. The van der Waals surface area contributed by atoms with Gasteiger partial charge in [0.25, 0.3) is 0 Å². The summed E-state index contributed by atoms with van der Waals surface area (Å²) < 4.78 is 0. The van der Waals surface area contributed by atoms with Gasteiger partial charge in [0.1, 0.15) is 0 Å². The van der Waals surface area contributed by atoms with Crippen molar-refractivity contribution in [2.45, 2.75) is 39.2 Å². The van der Waals surface area contributed by atoms with E-state index in [9.17, 15) is 4.79 Å². The maximum absolute atomic E-state index is 11.4. The molecule has 0 aromatic rings. The second kappa shape index (κ2) is 5.22. The number of carbonyl (C=O) groups excluding carboxylic acids is 1. The molecule has 3 heteroatoms. The lowest BCUT2D eigenvalue weighted by molar-refractivity contribution is -0.132. The van der Waals surface area contributed by atoms with E-state index in [4.69, 9.17) is 0 Å². The molecule has 1 unspecified atom stereocenters. The van der Waals surface area contributed by atoms with Crippen molar-refractivity contribution in [2.75, 3.05) is 19.6 Å². The van der Waals surface area contributed by atoms with E-state index in [-0.39, 0.29) is 0 Å². The highest BCUT2D eigenvalue weighted by molar-refractivity contribution is 5.75. The van der Waals surface area contributed by atoms with Crippen LogP contribution >= 0.6 is 0 Å². The Balaban J connectivity index is 2.37. The summed E-state index contributed by atoms with van der Waals surface area (Å²) in [6.45, 7) is 6.90. The number of nitrogens with zero attached hydrogens (tertiary/aromatic N) is 1. The first-order chi connectivity index (χ1) is 6.27. The molecule has 13 heavy (non-hydrogen) atoms. The third-order valence-electron chi connectivity index (χ3n) is 2.57. The molecular formula is C10H20N2O. The van der Waals surface area contributed by atoms with Gasteiger partial charge >= 0.3 is 0 Å². The number of rotatable bonds is 3. The number of hydrogen-bond acceptors (Lipinski definition) is 2. The molecule has 1 amide bonds. The van der Waals surface area contributed by atoms with Crippen LogP contribution in [0.4, 0.5) is 0 Å². The minimum absolute atomic E-state index is 0.294. The Morgan fingerprint density at radius 2 is 2.31 bits per heavy atom. The zero-order valence-corrected chi connectivity index (χ0v) is 8.68. The van der Waals surface area contributed by atoms with Gasteiger partial charge in [0.05, 0.1) is 0 Å². The van der Waals surface area contributed by atoms with Gasteiger partial charge in [-0.3, -0.25) is 4.79 Å². The van der Waals surface area contributed by atoms with E-state index in [1.165, 1.54) is 6.42 Å². The van der Waals surface area contributed by atoms with Crippen LogP contribution in [0.3, 0.4) is 0 Å². The van der Waals surface area contributed by atoms with Gasteiger partial charge in [-0.25, -0.2) is 0 Å². The largest absolute Gasteiger partial charge is 0.341 e. The summed E-state index contributed by atoms with van der Waals surface area (Å²) in [5.41, 5.74) is 0. The van der Waals surface area contributed by atoms with E-state index in [0.717, 1.165) is 26.1 Å². The SMILES string of the molecule is CCNC1CCCN(C(=O)CC)C1. The van der Waals surface area contributed by atoms with E-state index < -0.39 is 0 Å². The number of amides is 1. The first-order valence-electron chi connectivity index (χ1n) is 5.29. The highest BCUT2D eigenvalue weighted by Gasteiger charge is 2.21. The molecular weight excluding hydrogens is 164 g/mol. The standard InChI is InChI=1S/C10H20N2O/c1-3-10(13)12-7-5-6-9(8-12)11-4-2/h9,11H,3-8H2,1-2H3. The Bertz CT molecular complexity index is 168. The first-order valence-corrected chi connectivity index (χ1v) is 5.29. The average Bonchev–Trinajstić information content (AvgIpc) is 2.18. The summed E-state index contributed by atoms with van der Waals surface area (Å²) in [6.07, 6.45) is 2.99. The molecule has 1 rings (SSSR count). The Labute approximate surface area is 80.5 Å². The molecule has 0 radical (unpaired) electrons. The summed E-state index contributed by atoms with van der Waals surface area (Å²) in [4.78, 5) is 13.4. The van der Waals surface area contributed by atoms with Crippen molar-refractivity contribution in [2.24, 2.45) is 0 Å². The van der Waals surface area contributed by atoms with Gasteiger partial charge in [-0.2, -0.15) is 0 Å². The Kier molecular flexibility index (Phi) is 4.22. The van der Waals surface area contributed by atoms with Crippen LogP contribution in [-0.4, -0.2) is 36.5 Å². The number of likely N-dealkylation sites (tertiary alicyclic amines) is 1. The maximum atomic E-state index is 11.4. The van der Waals surface area contributed by atoms with Crippen molar-refractivity contribution < 1.29 is 4.79 Å². The minimum atomic E-state index is 0.294. The summed E-state index contributed by atoms with van der Waals surface area (Å²) in [6, 6.07) is 0.522. The highest BCUT2D eigenvalue weighted by atomic mass is 16.2. The first kappa shape index (κ1) is 10.5. The molecule has 3 nitrogen and oxygen atoms in total.